The van der Waals surface area contributed by atoms with E-state index in [-0.39, 0.29) is 23.5 Å². The van der Waals surface area contributed by atoms with Gasteiger partial charge in [-0.25, -0.2) is 0 Å². The molecule has 3 saturated heterocycles. The third-order valence-corrected chi connectivity index (χ3v) is 18.8. The highest BCUT2D eigenvalue weighted by molar-refractivity contribution is 6.32. The van der Waals surface area contributed by atoms with Gasteiger partial charge in [0.1, 0.15) is 18.4 Å². The summed E-state index contributed by atoms with van der Waals surface area (Å²) in [4.78, 5) is 25.2. The Bertz CT molecular complexity index is 2930. The van der Waals surface area contributed by atoms with Crippen LogP contribution in [0.25, 0.3) is 11.1 Å². The summed E-state index contributed by atoms with van der Waals surface area (Å²) < 4.78 is 11.1. The molecule has 390 valence electrons. The Morgan fingerprint density at radius 2 is 1.73 bits per heavy atom. The summed E-state index contributed by atoms with van der Waals surface area (Å²) in [7, 11) is 1.98. The molecule has 1 unspecified atom stereocenters. The number of likely N-dealkylation sites (tertiary alicyclic amines) is 1. The van der Waals surface area contributed by atoms with Crippen LogP contribution in [0.5, 0.6) is 5.88 Å². The number of piperidine rings is 2. The number of rotatable bonds is 9. The zero-order valence-corrected chi connectivity index (χ0v) is 45.8. The maximum atomic E-state index is 13.0. The fourth-order valence-corrected chi connectivity index (χ4v) is 14.4. The monoisotopic (exact) mass is 1020 g/mol. The third-order valence-electron chi connectivity index (χ3n) is 18.4. The molecule has 0 bridgehead atoms. The van der Waals surface area contributed by atoms with Crippen LogP contribution >= 0.6 is 11.6 Å². The number of fused-ring (bicyclic) bond motifs is 1. The summed E-state index contributed by atoms with van der Waals surface area (Å²) >= 11 is 6.44. The first-order valence-corrected chi connectivity index (χ1v) is 28.3. The molecule has 13 nitrogen and oxygen atoms in total. The molecule has 2 aromatic carbocycles. The Morgan fingerprint density at radius 3 is 2.43 bits per heavy atom. The van der Waals surface area contributed by atoms with Crippen LogP contribution < -0.4 is 19.4 Å². The van der Waals surface area contributed by atoms with Crippen molar-refractivity contribution >= 4 is 40.9 Å². The molecule has 0 radical (unpaired) electrons. The maximum Gasteiger partial charge on any atom is 0.234 e. The highest BCUT2D eigenvalue weighted by Gasteiger charge is 2.45. The number of nitriles is 1. The first-order chi connectivity index (χ1) is 35.7. The first-order valence-electron chi connectivity index (χ1n) is 27.9. The number of carbonyl (C=O) groups excluding carboxylic acids is 1. The number of halogens is 1. The summed E-state index contributed by atoms with van der Waals surface area (Å²) in [6, 6.07) is 15.6. The molecular formula is C60H77ClN11O2+. The van der Waals surface area contributed by atoms with Crippen molar-refractivity contribution in [3.05, 3.63) is 98.6 Å². The maximum absolute atomic E-state index is 13.0. The summed E-state index contributed by atoms with van der Waals surface area (Å²) in [5.74, 6) is 3.06. The number of aromatic nitrogens is 4. The number of nitrogens with zero attached hydrogens (tertiary/aromatic N) is 11. The number of benzene rings is 2. The second kappa shape index (κ2) is 20.8. The molecule has 74 heavy (non-hydrogen) atoms. The summed E-state index contributed by atoms with van der Waals surface area (Å²) in [5.41, 5.74) is 15.0. The third kappa shape index (κ3) is 9.98. The zero-order chi connectivity index (χ0) is 51.4. The van der Waals surface area contributed by atoms with E-state index in [1.54, 1.807) is 6.92 Å². The number of amides is 1. The quantitative estimate of drug-likeness (QED) is 0.150. The van der Waals surface area contributed by atoms with Gasteiger partial charge in [0.2, 0.25) is 11.8 Å². The Hall–Kier alpha value is -5.71. The lowest BCUT2D eigenvalue weighted by molar-refractivity contribution is -0.508. The molecule has 2 aromatic heterocycles. The van der Waals surface area contributed by atoms with Crippen LogP contribution in [0.1, 0.15) is 121 Å². The number of ether oxygens (including phenoxy) is 1. The lowest BCUT2D eigenvalue weighted by Crippen LogP contribution is -2.46. The van der Waals surface area contributed by atoms with Gasteiger partial charge in [-0.15, -0.1) is 10.2 Å². The average Bonchev–Trinajstić information content (AvgIpc) is 3.98. The van der Waals surface area contributed by atoms with Crippen LogP contribution in [0.4, 0.5) is 17.2 Å². The van der Waals surface area contributed by atoms with Crippen molar-refractivity contribution in [2.45, 2.75) is 137 Å². The Kier molecular flexibility index (Phi) is 14.2. The van der Waals surface area contributed by atoms with Crippen molar-refractivity contribution in [1.29, 1.82) is 5.26 Å². The summed E-state index contributed by atoms with van der Waals surface area (Å²) in [5, 5.41) is 23.8. The molecule has 14 heteroatoms. The number of carbonyl (C=O) groups is 1. The predicted molar refractivity (Wildman–Crippen MR) is 295 cm³/mol. The fraction of sp³-hybridized carbons (Fsp3) is 0.567. The Morgan fingerprint density at radius 1 is 0.946 bits per heavy atom. The van der Waals surface area contributed by atoms with E-state index in [1.807, 2.05) is 36.1 Å². The van der Waals surface area contributed by atoms with E-state index in [9.17, 15) is 10.1 Å². The summed E-state index contributed by atoms with van der Waals surface area (Å²) in [6.07, 6.45) is 20.3. The van der Waals surface area contributed by atoms with Crippen LogP contribution in [-0.2, 0) is 18.3 Å². The molecule has 1 spiro atoms. The molecule has 8 heterocycles. The topological polar surface area (TPSA) is 113 Å². The lowest BCUT2D eigenvalue weighted by Gasteiger charge is -2.41. The Balaban J connectivity index is 0.675. The van der Waals surface area contributed by atoms with Crippen LogP contribution in [-0.4, -0.2) is 124 Å². The van der Waals surface area contributed by atoms with Gasteiger partial charge in [-0.05, 0) is 162 Å². The molecular weight excluding hydrogens is 942 g/mol. The average molecular weight is 1020 g/mol. The largest absolute Gasteiger partial charge is 0.473 e. The highest BCUT2D eigenvalue weighted by Crippen LogP contribution is 2.47. The van der Waals surface area contributed by atoms with Crippen LogP contribution in [0.2, 0.25) is 5.02 Å². The molecule has 0 N–H and O–H groups in total. The molecule has 4 aromatic rings. The number of hydrogen-bond donors (Lipinski definition) is 0. The van der Waals surface area contributed by atoms with Gasteiger partial charge in [0, 0.05) is 120 Å². The van der Waals surface area contributed by atoms with E-state index in [2.05, 4.69) is 111 Å². The Labute approximate surface area is 444 Å². The van der Waals surface area contributed by atoms with Crippen LogP contribution in [0, 0.1) is 42.4 Å². The van der Waals surface area contributed by atoms with Crippen molar-refractivity contribution in [2.24, 2.45) is 24.3 Å². The minimum absolute atomic E-state index is 0.160. The minimum Gasteiger partial charge on any atom is -0.473 e. The van der Waals surface area contributed by atoms with Crippen molar-refractivity contribution in [3.63, 3.8) is 0 Å². The van der Waals surface area contributed by atoms with Gasteiger partial charge < -0.3 is 29.2 Å². The highest BCUT2D eigenvalue weighted by atomic mass is 35.5. The van der Waals surface area contributed by atoms with Crippen molar-refractivity contribution in [1.82, 2.24) is 29.8 Å². The van der Waals surface area contributed by atoms with Gasteiger partial charge >= 0.3 is 0 Å². The summed E-state index contributed by atoms with van der Waals surface area (Å²) in [6.45, 7) is 21.8. The van der Waals surface area contributed by atoms with E-state index < -0.39 is 0 Å². The van der Waals surface area contributed by atoms with Crippen molar-refractivity contribution in [2.75, 3.05) is 73.6 Å². The van der Waals surface area contributed by atoms with Gasteiger partial charge in [0.25, 0.3) is 0 Å². The number of aryl methyl sites for hydroxylation is 4. The molecule has 6 aliphatic heterocycles. The van der Waals surface area contributed by atoms with Gasteiger partial charge in [-0.1, -0.05) is 11.6 Å². The number of hydrogen-bond acceptors (Lipinski definition) is 10. The second-order valence-corrected chi connectivity index (χ2v) is 23.8. The van der Waals surface area contributed by atoms with E-state index in [1.165, 1.54) is 82.7 Å². The normalized spacial score (nSPS) is 25.2. The van der Waals surface area contributed by atoms with Gasteiger partial charge in [0.05, 0.1) is 41.0 Å². The second-order valence-electron chi connectivity index (χ2n) is 23.4. The molecule has 7 aliphatic rings. The van der Waals surface area contributed by atoms with Crippen molar-refractivity contribution < 1.29 is 14.1 Å². The molecule has 1 saturated carbocycles. The predicted octanol–water partition coefficient (Wildman–Crippen LogP) is 10.3. The molecule has 4 fully saturated rings. The van der Waals surface area contributed by atoms with E-state index in [0.717, 1.165) is 120 Å². The minimum atomic E-state index is 0.160. The van der Waals surface area contributed by atoms with Gasteiger partial charge in [0.15, 0.2) is 17.6 Å². The van der Waals surface area contributed by atoms with Crippen molar-refractivity contribution in [3.8, 4) is 23.1 Å². The molecule has 1 amide bonds. The standard InChI is InChI=1S/C60H77ClN11O2/c1-39-27-56-47(29-52(39)49-33-63-66(7)36-49)9-8-21-70(56)58-42(4)43(5)71(55-18-24-69(44(6)73)37-53(55)58)35-46-12-10-45(11-13-46)34-67-22-16-51(17-23-67)74-57-28-40(2)59(65-64-57)68-25-19-60(20-26-68)31-41(3)72(38-60)50-15-14-48(32-62)54(61)30-50/h14-15,27-30,33,35-36,41,43,45-46,51H,8-13,16-26,31,34,37-38H2,1-7H3/q+1/t41-,43?,45?,46?/m0/s1. The molecule has 11 rings (SSSR count). The molecule has 2 atom stereocenters. The SMILES string of the molecule is CC(=O)N1CCC2=C(C1)C(N1CCCc3cc(-c4cnn(C)c4)c(C)cc31)=C(C)C(C)[N+]2=CC1CCC(CN2CCC(Oc3cc(C)c(N4CCC5(CC4)C[C@H](C)N(c4ccc(C#N)c(Cl)c4)C5)nn3)CC2)CC1. The first kappa shape index (κ1) is 50.4. The number of anilines is 3. The fourth-order valence-electron chi connectivity index (χ4n) is 14.1. The van der Waals surface area contributed by atoms with E-state index >= 15 is 0 Å². The van der Waals surface area contributed by atoms with E-state index in [4.69, 9.17) is 21.4 Å². The lowest BCUT2D eigenvalue weighted by atomic mass is 9.76. The zero-order valence-electron chi connectivity index (χ0n) is 45.0. The smallest absolute Gasteiger partial charge is 0.234 e. The van der Waals surface area contributed by atoms with Gasteiger partial charge in [-0.3, -0.25) is 9.48 Å². The molecule has 1 aliphatic carbocycles. The van der Waals surface area contributed by atoms with Crippen LogP contribution in [0.3, 0.4) is 0 Å². The van der Waals surface area contributed by atoms with Crippen LogP contribution in [0.15, 0.2) is 71.3 Å². The van der Waals surface area contributed by atoms with E-state index in [0.29, 0.717) is 35.0 Å². The van der Waals surface area contributed by atoms with Gasteiger partial charge in [-0.2, -0.15) is 14.9 Å².